The van der Waals surface area contributed by atoms with Crippen molar-refractivity contribution in [3.63, 3.8) is 0 Å². The maximum absolute atomic E-state index is 6.21. The van der Waals surface area contributed by atoms with Crippen LogP contribution in [0.1, 0.15) is 69.6 Å². The molecule has 1 aromatic carbocycles. The van der Waals surface area contributed by atoms with Gasteiger partial charge >= 0.3 is 0 Å². The fourth-order valence-corrected chi connectivity index (χ4v) is 3.83. The van der Waals surface area contributed by atoms with Crippen LogP contribution < -0.4 is 10.5 Å². The third kappa shape index (κ3) is 3.11. The Hall–Kier alpha value is -1.02. The standard InChI is InChI=1S/C19H31NO/c1-14-11-16(18(2,3)4)17(21-5)12-15(14)19(13-20)9-7-6-8-10-19/h11-12H,6-10,13,20H2,1-5H3. The summed E-state index contributed by atoms with van der Waals surface area (Å²) in [4.78, 5) is 0. The minimum atomic E-state index is 0.0943. The van der Waals surface area contributed by atoms with Crippen molar-refractivity contribution in [3.05, 3.63) is 28.8 Å². The summed E-state index contributed by atoms with van der Waals surface area (Å²) in [5.74, 6) is 1.02. The van der Waals surface area contributed by atoms with Crippen LogP contribution in [0.25, 0.3) is 0 Å². The van der Waals surface area contributed by atoms with Crippen LogP contribution >= 0.6 is 0 Å². The Morgan fingerprint density at radius 1 is 1.14 bits per heavy atom. The van der Waals surface area contributed by atoms with E-state index in [1.54, 1.807) is 7.11 Å². The number of benzene rings is 1. The Balaban J connectivity index is 2.54. The van der Waals surface area contributed by atoms with E-state index in [9.17, 15) is 0 Å². The minimum absolute atomic E-state index is 0.0943. The molecule has 0 atom stereocenters. The van der Waals surface area contributed by atoms with Crippen molar-refractivity contribution in [2.75, 3.05) is 13.7 Å². The number of hydrogen-bond acceptors (Lipinski definition) is 2. The van der Waals surface area contributed by atoms with Crippen LogP contribution in [0.2, 0.25) is 0 Å². The summed E-state index contributed by atoms with van der Waals surface area (Å²) >= 11 is 0. The maximum Gasteiger partial charge on any atom is 0.122 e. The molecule has 2 N–H and O–H groups in total. The molecule has 21 heavy (non-hydrogen) atoms. The summed E-state index contributed by atoms with van der Waals surface area (Å²) < 4.78 is 5.71. The molecule has 1 aliphatic carbocycles. The van der Waals surface area contributed by atoms with Crippen molar-refractivity contribution in [2.24, 2.45) is 5.73 Å². The lowest BCUT2D eigenvalue weighted by Crippen LogP contribution is -2.38. The Morgan fingerprint density at radius 2 is 1.76 bits per heavy atom. The molecule has 118 valence electrons. The van der Waals surface area contributed by atoms with Crippen LogP contribution in [-0.2, 0) is 10.8 Å². The summed E-state index contributed by atoms with van der Waals surface area (Å²) in [7, 11) is 1.78. The van der Waals surface area contributed by atoms with Crippen LogP contribution in [-0.4, -0.2) is 13.7 Å². The highest BCUT2D eigenvalue weighted by atomic mass is 16.5. The second kappa shape index (κ2) is 6.00. The molecule has 0 saturated heterocycles. The average Bonchev–Trinajstić information content (AvgIpc) is 2.46. The molecular formula is C19H31NO. The fourth-order valence-electron chi connectivity index (χ4n) is 3.83. The maximum atomic E-state index is 6.21. The second-order valence-corrected chi connectivity index (χ2v) is 7.66. The van der Waals surface area contributed by atoms with Crippen molar-refractivity contribution in [1.82, 2.24) is 0 Å². The van der Waals surface area contributed by atoms with E-state index in [1.165, 1.54) is 48.8 Å². The van der Waals surface area contributed by atoms with Crippen molar-refractivity contribution in [3.8, 4) is 5.75 Å². The van der Waals surface area contributed by atoms with Crippen LogP contribution in [0, 0.1) is 6.92 Å². The van der Waals surface area contributed by atoms with Crippen molar-refractivity contribution < 1.29 is 4.74 Å². The lowest BCUT2D eigenvalue weighted by Gasteiger charge is -2.39. The average molecular weight is 289 g/mol. The van der Waals surface area contributed by atoms with Gasteiger partial charge < -0.3 is 10.5 Å². The van der Waals surface area contributed by atoms with Crippen LogP contribution in [0.15, 0.2) is 12.1 Å². The molecule has 0 heterocycles. The molecule has 0 radical (unpaired) electrons. The number of hydrogen-bond donors (Lipinski definition) is 1. The smallest absolute Gasteiger partial charge is 0.122 e. The zero-order valence-electron chi connectivity index (χ0n) is 14.4. The Bertz CT molecular complexity index is 493. The molecule has 2 nitrogen and oxygen atoms in total. The normalized spacial score (nSPS) is 18.6. The monoisotopic (exact) mass is 289 g/mol. The number of methoxy groups -OCH3 is 1. The van der Waals surface area contributed by atoms with Crippen molar-refractivity contribution >= 4 is 0 Å². The highest BCUT2D eigenvalue weighted by Crippen LogP contribution is 2.43. The highest BCUT2D eigenvalue weighted by molar-refractivity contribution is 5.48. The first-order valence-corrected chi connectivity index (χ1v) is 8.24. The van der Waals surface area contributed by atoms with E-state index in [1.807, 2.05) is 0 Å². The van der Waals surface area contributed by atoms with E-state index >= 15 is 0 Å². The Labute approximate surface area is 130 Å². The molecule has 1 saturated carbocycles. The quantitative estimate of drug-likeness (QED) is 0.891. The predicted molar refractivity (Wildman–Crippen MR) is 90.2 cm³/mol. The topological polar surface area (TPSA) is 35.2 Å². The zero-order valence-corrected chi connectivity index (χ0v) is 14.4. The molecule has 1 aromatic rings. The third-order valence-electron chi connectivity index (χ3n) is 5.13. The molecule has 0 bridgehead atoms. The van der Waals surface area contributed by atoms with E-state index < -0.39 is 0 Å². The van der Waals surface area contributed by atoms with E-state index in [4.69, 9.17) is 10.5 Å². The van der Waals surface area contributed by atoms with Crippen LogP contribution in [0.5, 0.6) is 5.75 Å². The number of nitrogens with two attached hydrogens (primary N) is 1. The van der Waals surface area contributed by atoms with Gasteiger partial charge in [0, 0.05) is 12.0 Å². The first-order valence-electron chi connectivity index (χ1n) is 8.24. The summed E-state index contributed by atoms with van der Waals surface area (Å²) in [6.45, 7) is 9.69. The molecule has 1 fully saturated rings. The zero-order chi connectivity index (χ0) is 15.7. The number of aryl methyl sites for hydroxylation is 1. The second-order valence-electron chi connectivity index (χ2n) is 7.66. The summed E-state index contributed by atoms with van der Waals surface area (Å²) in [5, 5.41) is 0. The fraction of sp³-hybridized carbons (Fsp3) is 0.684. The van der Waals surface area contributed by atoms with E-state index in [0.29, 0.717) is 0 Å². The van der Waals surface area contributed by atoms with Crippen molar-refractivity contribution in [2.45, 2.75) is 70.6 Å². The minimum Gasteiger partial charge on any atom is -0.496 e. The highest BCUT2D eigenvalue weighted by Gasteiger charge is 2.35. The summed E-state index contributed by atoms with van der Waals surface area (Å²) in [6, 6.07) is 4.59. The molecule has 0 unspecified atom stereocenters. The van der Waals surface area contributed by atoms with Gasteiger partial charge in [0.25, 0.3) is 0 Å². The number of rotatable bonds is 3. The molecule has 0 aromatic heterocycles. The van der Waals surface area contributed by atoms with Gasteiger partial charge in [-0.1, -0.05) is 46.1 Å². The van der Waals surface area contributed by atoms with Gasteiger partial charge in [-0.15, -0.1) is 0 Å². The van der Waals surface area contributed by atoms with Gasteiger partial charge in [0.15, 0.2) is 0 Å². The van der Waals surface area contributed by atoms with Gasteiger partial charge in [0.1, 0.15) is 5.75 Å². The van der Waals surface area contributed by atoms with E-state index in [2.05, 4.69) is 39.8 Å². The van der Waals surface area contributed by atoms with Crippen LogP contribution in [0.4, 0.5) is 0 Å². The molecule has 0 spiro atoms. The lowest BCUT2D eigenvalue weighted by atomic mass is 9.67. The third-order valence-corrected chi connectivity index (χ3v) is 5.13. The predicted octanol–water partition coefficient (Wildman–Crippen LogP) is 4.46. The number of ether oxygens (including phenoxy) is 1. The molecular weight excluding hydrogens is 258 g/mol. The van der Waals surface area contributed by atoms with Gasteiger partial charge in [-0.2, -0.15) is 0 Å². The van der Waals surface area contributed by atoms with E-state index in [0.717, 1.165) is 12.3 Å². The first-order chi connectivity index (χ1) is 9.84. The molecule has 0 aliphatic heterocycles. The first kappa shape index (κ1) is 16.4. The summed E-state index contributed by atoms with van der Waals surface area (Å²) in [6.07, 6.45) is 6.35. The summed E-state index contributed by atoms with van der Waals surface area (Å²) in [5.41, 5.74) is 10.5. The SMILES string of the molecule is COc1cc(C2(CN)CCCCC2)c(C)cc1C(C)(C)C. The van der Waals surface area contributed by atoms with E-state index in [-0.39, 0.29) is 10.8 Å². The van der Waals surface area contributed by atoms with Gasteiger partial charge in [-0.3, -0.25) is 0 Å². The van der Waals surface area contributed by atoms with Crippen molar-refractivity contribution in [1.29, 1.82) is 0 Å². The molecule has 1 aliphatic rings. The van der Waals surface area contributed by atoms with Crippen LogP contribution in [0.3, 0.4) is 0 Å². The molecule has 2 rings (SSSR count). The molecule has 0 amide bonds. The van der Waals surface area contributed by atoms with Gasteiger partial charge in [0.05, 0.1) is 7.11 Å². The van der Waals surface area contributed by atoms with Gasteiger partial charge in [-0.05, 0) is 47.9 Å². The molecule has 2 heteroatoms. The largest absolute Gasteiger partial charge is 0.496 e. The lowest BCUT2D eigenvalue weighted by molar-refractivity contribution is 0.297. The van der Waals surface area contributed by atoms with Gasteiger partial charge in [-0.25, -0.2) is 0 Å². The van der Waals surface area contributed by atoms with Gasteiger partial charge in [0.2, 0.25) is 0 Å². The Morgan fingerprint density at radius 3 is 2.24 bits per heavy atom. The Kier molecular flexibility index (Phi) is 4.67.